The van der Waals surface area contributed by atoms with Gasteiger partial charge in [0.05, 0.1) is 31.0 Å². The van der Waals surface area contributed by atoms with E-state index < -0.39 is 125 Å². The van der Waals surface area contributed by atoms with Gasteiger partial charge in [0, 0.05) is 102 Å². The second-order valence-electron chi connectivity index (χ2n) is 33.3. The van der Waals surface area contributed by atoms with Crippen LogP contribution in [0.25, 0.3) is 0 Å². The minimum absolute atomic E-state index is 0.0193. The lowest BCUT2D eigenvalue weighted by Crippen LogP contribution is -2.61. The molecule has 666 valence electrons. The standard InChI is InChI=1S/C51H79NO13.C20H28N2O4.C17H37N7O3/c1-30-16-12-11-13-17-31(2)42(61-8)28-38-21-19-36(7)51(60,65-38)48(57)49(58)52-23-15-14-18-39(52)50(59)64-43(33(4)26-37-20-22-40(53)44(27-37)62-9)29-41(54)32(3)25-35(6)46(56)47(63-10)45(55)34(5)24-30;1-4-20(2,3)17(23)18(24)22-12-6-10-16(22)19(25)26-13-7-9-15-8-5-11-21-14-15;18-9-7-11-21-10-5-6-12-22-15(26)16(27)24-14(25)8-3-1-2-4-13-23-17(19)20/h11-13,16-17,25,30,32-34,36-40,42-44,46-47,53,56,60H,14-15,18-24,26-29H2,1-10H3;5,8,11,14,16H,4,6-7,9-10,12-13H2,1-3H3;16,21,27H,1-13,18H2,(H,22,26)(H,24,25)(H4,19,20,23)/b13-11+,16-12+,31-17+,35-25+;;/t30-,32-,33-,34-,36-,37+,38+,39+,40-,42+,43+,44-,46-,47+,51-;;/m1../s1. The van der Waals surface area contributed by atoms with Crippen LogP contribution in [-0.4, -0.2) is 240 Å². The van der Waals surface area contributed by atoms with Crippen LogP contribution < -0.4 is 32.7 Å². The number of carbonyl (C=O) groups is 10. The van der Waals surface area contributed by atoms with Crippen LogP contribution in [0.3, 0.4) is 0 Å². The normalized spacial score (nSPS) is 28.7. The predicted octanol–water partition coefficient (Wildman–Crippen LogP) is 7.42. The number of piperidine rings is 1. The van der Waals surface area contributed by atoms with Gasteiger partial charge in [0.25, 0.3) is 23.5 Å². The van der Waals surface area contributed by atoms with Crippen molar-refractivity contribution >= 4 is 64.7 Å². The number of cyclic esters (lactones) is 1. The zero-order valence-electron chi connectivity index (χ0n) is 72.7. The number of allylic oxidation sites excluding steroid dienone is 6. The van der Waals surface area contributed by atoms with E-state index in [4.69, 9.17) is 45.3 Å². The number of aryl methyl sites for hydroxylation is 1. The summed E-state index contributed by atoms with van der Waals surface area (Å²) in [4.78, 5) is 138. The van der Waals surface area contributed by atoms with E-state index in [9.17, 15) is 68.4 Å². The smallest absolute Gasteiger partial charge is 0.329 e. The van der Waals surface area contributed by atoms with Gasteiger partial charge >= 0.3 is 11.9 Å². The number of nitrogens with zero attached hydrogens (tertiary/aromatic N) is 3. The number of rotatable bonds is 31. The van der Waals surface area contributed by atoms with Gasteiger partial charge in [-0.15, -0.1) is 0 Å². The molecule has 30 heteroatoms. The van der Waals surface area contributed by atoms with Crippen LogP contribution >= 0.6 is 0 Å². The Hall–Kier alpha value is -7.52. The lowest BCUT2D eigenvalue weighted by molar-refractivity contribution is -0.265. The van der Waals surface area contributed by atoms with Crippen molar-refractivity contribution in [1.82, 2.24) is 36.1 Å². The lowest BCUT2D eigenvalue weighted by atomic mass is 9.78. The highest BCUT2D eigenvalue weighted by Crippen LogP contribution is 2.38. The first kappa shape index (κ1) is 103. The Morgan fingerprint density at radius 2 is 1.51 bits per heavy atom. The third-order valence-corrected chi connectivity index (χ3v) is 23.4. The van der Waals surface area contributed by atoms with E-state index in [1.807, 2.05) is 77.1 Å². The molecule has 0 radical (unpaired) electrons. The van der Waals surface area contributed by atoms with Crippen LogP contribution in [0, 0.1) is 46.3 Å². The average Bonchev–Trinajstić information content (AvgIpc) is 0.890. The van der Waals surface area contributed by atoms with E-state index >= 15 is 0 Å². The largest absolute Gasteiger partial charge is 0.464 e. The second-order valence-corrected chi connectivity index (χ2v) is 33.3. The summed E-state index contributed by atoms with van der Waals surface area (Å²) in [5, 5.41) is 61.4. The van der Waals surface area contributed by atoms with Gasteiger partial charge in [-0.2, -0.15) is 0 Å². The number of Topliss-reactive ketones (excluding diaryl/α,β-unsaturated/α-hetero) is 4. The maximum atomic E-state index is 14.4. The molecule has 0 spiro atoms. The molecule has 13 N–H and O–H groups in total. The van der Waals surface area contributed by atoms with Crippen LogP contribution in [0.2, 0.25) is 0 Å². The number of aromatic nitrogens is 1. The summed E-state index contributed by atoms with van der Waals surface area (Å²) in [6, 6.07) is 2.07. The molecule has 1 aromatic heterocycles. The van der Waals surface area contributed by atoms with Crippen molar-refractivity contribution in [2.45, 2.75) is 297 Å². The Morgan fingerprint density at radius 1 is 0.805 bits per heavy atom. The van der Waals surface area contributed by atoms with Gasteiger partial charge in [0.2, 0.25) is 23.7 Å². The molecule has 4 fully saturated rings. The first-order valence-corrected chi connectivity index (χ1v) is 42.9. The number of ether oxygens (including phenoxy) is 6. The highest BCUT2D eigenvalue weighted by atomic mass is 16.6. The van der Waals surface area contributed by atoms with Crippen molar-refractivity contribution in [1.29, 1.82) is 5.41 Å². The van der Waals surface area contributed by atoms with Crippen molar-refractivity contribution in [2.24, 2.45) is 52.4 Å². The number of esters is 2. The molecule has 30 nitrogen and oxygen atoms in total. The number of nitrogens with two attached hydrogens (primary N) is 2. The van der Waals surface area contributed by atoms with Gasteiger partial charge < -0.3 is 91.4 Å². The molecule has 3 saturated heterocycles. The summed E-state index contributed by atoms with van der Waals surface area (Å²) in [7, 11) is 4.52. The number of carbonyl (C=O) groups excluding carboxylic acids is 10. The van der Waals surface area contributed by atoms with Crippen molar-refractivity contribution in [2.75, 3.05) is 73.7 Å². The molecular weight excluding hydrogens is 1520 g/mol. The molecule has 118 heavy (non-hydrogen) atoms. The highest BCUT2D eigenvalue weighted by Gasteiger charge is 2.53. The number of aliphatic hydroxyl groups excluding tert-OH is 3. The molecule has 1 aromatic rings. The number of aliphatic hydroxyl groups is 4. The van der Waals surface area contributed by atoms with Crippen LogP contribution in [0.15, 0.2) is 72.1 Å². The Kier molecular flexibility index (Phi) is 47.0. The maximum absolute atomic E-state index is 14.4. The molecule has 4 amide bonds. The third-order valence-electron chi connectivity index (χ3n) is 23.4. The minimum Gasteiger partial charge on any atom is -0.464 e. The van der Waals surface area contributed by atoms with E-state index in [0.29, 0.717) is 128 Å². The molecule has 4 aliphatic heterocycles. The summed E-state index contributed by atoms with van der Waals surface area (Å²) in [6.07, 6.45) is 22.7. The number of amides is 4. The monoisotopic (exact) mass is 1660 g/mol. The number of unbranched alkanes of at least 4 members (excludes halogenated alkanes) is 4. The molecule has 2 unspecified atom stereocenters. The summed E-state index contributed by atoms with van der Waals surface area (Å²) in [5.41, 5.74) is 12.2. The van der Waals surface area contributed by atoms with Crippen LogP contribution in [0.5, 0.6) is 0 Å². The SMILES string of the molecule is CCC(C)(C)C(=O)C(=O)N1CCCC1C(=O)OCCCc1cccnc1.CO[C@H]1C[C@@H]2CC[C@@H](C)[C@@](O)(O2)C(=O)C(=O)N2CCCC[C@H]2C(=O)O[C@H]([C@H](C)C[C@@H]2CC[C@@H](O)[C@H](OC)C2)CC(=O)[C@H](C)/C=C(\C)[C@@H](O)[C@@H](OC)C(=O)[C@H](C)C[C@H](C)/C=C/C=C/C=C/1C.N=C(N)NCCCCCCC(=O)NC(O)C(=O)NCCCCNCCCN. The Morgan fingerprint density at radius 3 is 2.19 bits per heavy atom. The molecule has 1 aliphatic carbocycles. The third kappa shape index (κ3) is 34.5. The van der Waals surface area contributed by atoms with Crippen LogP contribution in [0.1, 0.15) is 229 Å². The quantitative estimate of drug-likeness (QED) is 0.00654. The fourth-order valence-electron chi connectivity index (χ4n) is 15.4. The van der Waals surface area contributed by atoms with Gasteiger partial charge in [-0.3, -0.25) is 48.7 Å². The van der Waals surface area contributed by atoms with Crippen molar-refractivity contribution in [3.8, 4) is 0 Å². The van der Waals surface area contributed by atoms with Crippen molar-refractivity contribution in [3.05, 3.63) is 77.7 Å². The molecular formula is C88H144N10O20. The minimum atomic E-state index is -2.43. The molecule has 0 aromatic carbocycles. The molecule has 6 rings (SSSR count). The zero-order chi connectivity index (χ0) is 87.7. The van der Waals surface area contributed by atoms with Gasteiger partial charge in [0.15, 0.2) is 11.7 Å². The number of fused-ring (bicyclic) bond motifs is 3. The number of guanidine groups is 1. The summed E-state index contributed by atoms with van der Waals surface area (Å²) in [6.45, 7) is 22.4. The zero-order valence-corrected chi connectivity index (χ0v) is 72.7. The van der Waals surface area contributed by atoms with Crippen molar-refractivity contribution in [3.63, 3.8) is 0 Å². The number of hydrogen-bond donors (Lipinski definition) is 11. The second kappa shape index (κ2) is 54.0. The van der Waals surface area contributed by atoms with E-state index in [1.54, 1.807) is 67.3 Å². The van der Waals surface area contributed by atoms with Gasteiger partial charge in [-0.1, -0.05) is 111 Å². The number of hydrogen-bond acceptors (Lipinski definition) is 24. The summed E-state index contributed by atoms with van der Waals surface area (Å²) < 4.78 is 34.7. The van der Waals surface area contributed by atoms with Crippen LogP contribution in [-0.2, 0) is 82.8 Å². The van der Waals surface area contributed by atoms with E-state index in [0.717, 1.165) is 75.6 Å². The summed E-state index contributed by atoms with van der Waals surface area (Å²) in [5.74, 6) is -10.3. The predicted molar refractivity (Wildman–Crippen MR) is 448 cm³/mol. The van der Waals surface area contributed by atoms with E-state index in [-0.39, 0.29) is 73.1 Å². The fraction of sp³-hybridized carbons (Fsp3) is 0.727. The molecule has 2 bridgehead atoms. The molecule has 1 saturated carbocycles. The van der Waals surface area contributed by atoms with E-state index in [2.05, 4.69) is 26.3 Å². The first-order chi connectivity index (χ1) is 56.1. The summed E-state index contributed by atoms with van der Waals surface area (Å²) >= 11 is 0. The number of likely N-dealkylation sites (tertiary alicyclic amines) is 1. The molecule has 5 heterocycles. The topological polar surface area (TPSA) is 450 Å². The molecule has 5 aliphatic rings. The van der Waals surface area contributed by atoms with Crippen LogP contribution in [0.4, 0.5) is 0 Å². The van der Waals surface area contributed by atoms with E-state index in [1.165, 1.54) is 16.9 Å². The number of ketones is 4. The number of methoxy groups -OCH3 is 3. The highest BCUT2D eigenvalue weighted by molar-refractivity contribution is 6.39. The average molecular weight is 1660 g/mol. The molecule has 17 atom stereocenters. The Labute approximate surface area is 700 Å². The van der Waals surface area contributed by atoms with Gasteiger partial charge in [0.1, 0.15) is 36.2 Å². The first-order valence-electron chi connectivity index (χ1n) is 42.9. The number of nitrogens with one attached hydrogen (secondary N) is 5. The Balaban J connectivity index is 0.000000451. The van der Waals surface area contributed by atoms with Crippen molar-refractivity contribution < 1.29 is 96.8 Å². The van der Waals surface area contributed by atoms with Gasteiger partial charge in [-0.05, 0) is 202 Å². The number of pyridine rings is 1. The Bertz CT molecular complexity index is 3450. The lowest BCUT2D eigenvalue weighted by Gasteiger charge is -2.42. The fourth-order valence-corrected chi connectivity index (χ4v) is 15.4. The maximum Gasteiger partial charge on any atom is 0.329 e. The van der Waals surface area contributed by atoms with Gasteiger partial charge in [-0.25, -0.2) is 9.59 Å².